The largest absolute Gasteiger partial charge is 0.472 e. The second-order valence-electron chi connectivity index (χ2n) is 12.8. The summed E-state index contributed by atoms with van der Waals surface area (Å²) in [6.45, 7) is 2.69. The molecule has 9 rings (SSSR count). The Morgan fingerprint density at radius 3 is 1.92 bits per heavy atom. The van der Waals surface area contributed by atoms with Crippen molar-refractivity contribution in [3.8, 4) is 33.6 Å². The predicted octanol–water partition coefficient (Wildman–Crippen LogP) is 10.4. The Bertz CT molecular complexity index is 2570. The number of benzene rings is 4. The molecule has 0 saturated heterocycles. The van der Waals surface area contributed by atoms with Crippen molar-refractivity contribution in [1.29, 1.82) is 0 Å². The van der Waals surface area contributed by atoms with E-state index in [1.807, 2.05) is 36.4 Å². The maximum atomic E-state index is 5.72. The topological polar surface area (TPSA) is 87.5 Å². The van der Waals surface area contributed by atoms with E-state index in [0.29, 0.717) is 18.0 Å². The first-order chi connectivity index (χ1) is 26.1. The SMILES string of the molecule is CCc1nc2nc(Br)ccc2n1Cc1c2ccocc-2c(Br)c1-c1ccccc1-c1nnn(C(c2ccccc2)(c2ccccc2)c2ccccc2)n1. The Balaban J connectivity index is 1.25. The molecule has 7 aromatic rings. The molecule has 1 aliphatic heterocycles. The standard InChI is InChI=1S/C43H31Br2N7O/c1-2-38-47-42-36(22-23-37(44)46-42)51(38)26-34-31-24-25-53-27-35(31)40(45)39(34)32-20-12-13-21-33(32)41-48-50-52(49-41)43(28-14-6-3-7-15-28,29-16-8-4-9-17-29)30-18-10-5-11-19-30/h3-25,27H,2,26H2,1H3. The molecular formula is C43H31Br2N7O. The zero-order valence-electron chi connectivity index (χ0n) is 28.6. The molecule has 53 heavy (non-hydrogen) atoms. The lowest BCUT2D eigenvalue weighted by molar-refractivity contribution is 0.396. The lowest BCUT2D eigenvalue weighted by Gasteiger charge is -2.34. The molecule has 1 aliphatic carbocycles. The number of hydrogen-bond donors (Lipinski definition) is 0. The lowest BCUT2D eigenvalue weighted by Crippen LogP contribution is -2.39. The van der Waals surface area contributed by atoms with Crippen molar-refractivity contribution in [3.05, 3.63) is 183 Å². The molecule has 0 bridgehead atoms. The number of pyridine rings is 1. The van der Waals surface area contributed by atoms with Crippen molar-refractivity contribution in [2.24, 2.45) is 0 Å². The van der Waals surface area contributed by atoms with Crippen LogP contribution in [-0.2, 0) is 18.5 Å². The van der Waals surface area contributed by atoms with Gasteiger partial charge in [0, 0.05) is 27.6 Å². The van der Waals surface area contributed by atoms with Crippen LogP contribution in [-0.4, -0.2) is 34.7 Å². The molecule has 0 saturated carbocycles. The second-order valence-corrected chi connectivity index (χ2v) is 14.4. The highest BCUT2D eigenvalue weighted by Crippen LogP contribution is 2.49. The Kier molecular flexibility index (Phi) is 8.56. The van der Waals surface area contributed by atoms with Gasteiger partial charge in [-0.1, -0.05) is 122 Å². The number of aryl methyl sites for hydroxylation is 1. The van der Waals surface area contributed by atoms with Gasteiger partial charge < -0.3 is 8.98 Å². The molecule has 258 valence electrons. The van der Waals surface area contributed by atoms with Crippen molar-refractivity contribution in [2.45, 2.75) is 25.4 Å². The van der Waals surface area contributed by atoms with Gasteiger partial charge in [-0.25, -0.2) is 9.97 Å². The van der Waals surface area contributed by atoms with Gasteiger partial charge in [-0.15, -0.1) is 15.0 Å². The van der Waals surface area contributed by atoms with Crippen molar-refractivity contribution in [3.63, 3.8) is 0 Å². The maximum Gasteiger partial charge on any atom is 0.205 e. The summed E-state index contributed by atoms with van der Waals surface area (Å²) in [6, 6.07) is 45.5. The highest BCUT2D eigenvalue weighted by atomic mass is 79.9. The number of tetrazole rings is 1. The van der Waals surface area contributed by atoms with Crippen LogP contribution in [0.15, 0.2) is 159 Å². The summed E-state index contributed by atoms with van der Waals surface area (Å²) in [5, 5.41) is 14.9. The number of imidazole rings is 1. The van der Waals surface area contributed by atoms with Crippen LogP contribution in [0.25, 0.3) is 44.8 Å². The minimum Gasteiger partial charge on any atom is -0.472 e. The van der Waals surface area contributed by atoms with E-state index < -0.39 is 5.54 Å². The average molecular weight is 822 g/mol. The fourth-order valence-corrected chi connectivity index (χ4v) is 8.59. The van der Waals surface area contributed by atoms with Gasteiger partial charge in [0.05, 0.1) is 24.6 Å². The molecule has 3 aromatic heterocycles. The van der Waals surface area contributed by atoms with E-state index >= 15 is 0 Å². The molecule has 0 unspecified atom stereocenters. The summed E-state index contributed by atoms with van der Waals surface area (Å²) in [5.41, 5.74) is 9.87. The fraction of sp³-hybridized carbons (Fsp3) is 0.0930. The maximum absolute atomic E-state index is 5.72. The molecule has 4 heterocycles. The third-order valence-corrected chi connectivity index (χ3v) is 11.2. The van der Waals surface area contributed by atoms with Crippen LogP contribution in [0.4, 0.5) is 0 Å². The molecule has 0 fully saturated rings. The Morgan fingerprint density at radius 2 is 1.28 bits per heavy atom. The zero-order chi connectivity index (χ0) is 35.9. The van der Waals surface area contributed by atoms with E-state index in [1.54, 1.807) is 17.3 Å². The molecule has 0 atom stereocenters. The summed E-state index contributed by atoms with van der Waals surface area (Å²) < 4.78 is 9.67. The molecule has 0 radical (unpaired) electrons. The molecule has 4 aromatic carbocycles. The highest BCUT2D eigenvalue weighted by Gasteiger charge is 2.41. The number of rotatable bonds is 9. The van der Waals surface area contributed by atoms with Crippen LogP contribution in [0.3, 0.4) is 0 Å². The van der Waals surface area contributed by atoms with Crippen molar-refractivity contribution >= 4 is 43.0 Å². The third kappa shape index (κ3) is 5.52. The van der Waals surface area contributed by atoms with Gasteiger partial charge in [0.1, 0.15) is 10.4 Å². The van der Waals surface area contributed by atoms with E-state index in [-0.39, 0.29) is 0 Å². The normalized spacial score (nSPS) is 11.8. The smallest absolute Gasteiger partial charge is 0.205 e. The van der Waals surface area contributed by atoms with Crippen LogP contribution < -0.4 is 0 Å². The van der Waals surface area contributed by atoms with E-state index in [9.17, 15) is 0 Å². The number of fused-ring (bicyclic) bond motifs is 2. The molecule has 0 spiro atoms. The summed E-state index contributed by atoms with van der Waals surface area (Å²) in [7, 11) is 0. The van der Waals surface area contributed by atoms with E-state index in [0.717, 1.165) is 76.9 Å². The summed E-state index contributed by atoms with van der Waals surface area (Å²) in [4.78, 5) is 11.3. The molecular weight excluding hydrogens is 790 g/mol. The first-order valence-corrected chi connectivity index (χ1v) is 18.9. The predicted molar refractivity (Wildman–Crippen MR) is 214 cm³/mol. The van der Waals surface area contributed by atoms with Gasteiger partial charge in [-0.3, -0.25) is 0 Å². The van der Waals surface area contributed by atoms with Crippen LogP contribution >= 0.6 is 31.9 Å². The van der Waals surface area contributed by atoms with Gasteiger partial charge in [0.2, 0.25) is 5.82 Å². The Morgan fingerprint density at radius 1 is 0.660 bits per heavy atom. The molecule has 0 amide bonds. The Hall–Kier alpha value is -5.71. The van der Waals surface area contributed by atoms with E-state index in [1.165, 1.54) is 0 Å². The van der Waals surface area contributed by atoms with Gasteiger partial charge in [0.25, 0.3) is 0 Å². The fourth-order valence-electron chi connectivity index (χ4n) is 7.53. The van der Waals surface area contributed by atoms with Crippen molar-refractivity contribution in [2.75, 3.05) is 0 Å². The van der Waals surface area contributed by atoms with Gasteiger partial charge in [-0.2, -0.15) is 0 Å². The quantitative estimate of drug-likeness (QED) is 0.106. The van der Waals surface area contributed by atoms with Crippen LogP contribution in [0.1, 0.15) is 35.0 Å². The van der Waals surface area contributed by atoms with Crippen LogP contribution in [0.5, 0.6) is 0 Å². The van der Waals surface area contributed by atoms with E-state index in [4.69, 9.17) is 24.8 Å². The zero-order valence-corrected chi connectivity index (χ0v) is 31.7. The highest BCUT2D eigenvalue weighted by molar-refractivity contribution is 9.11. The molecule has 8 nitrogen and oxygen atoms in total. The molecule has 10 heteroatoms. The number of aromatic nitrogens is 7. The third-order valence-electron chi connectivity index (χ3n) is 9.89. The van der Waals surface area contributed by atoms with Gasteiger partial charge in [0.15, 0.2) is 11.2 Å². The Labute approximate surface area is 322 Å². The van der Waals surface area contributed by atoms with Gasteiger partial charge >= 0.3 is 0 Å². The number of hydrogen-bond acceptors (Lipinski definition) is 6. The average Bonchev–Trinajstić information content (AvgIpc) is 3.91. The molecule has 2 aliphatic rings. The number of nitrogens with zero attached hydrogens (tertiary/aromatic N) is 7. The van der Waals surface area contributed by atoms with Crippen LogP contribution in [0, 0.1) is 0 Å². The first kappa shape index (κ1) is 33.1. The van der Waals surface area contributed by atoms with Crippen molar-refractivity contribution in [1.82, 2.24) is 34.7 Å². The van der Waals surface area contributed by atoms with Crippen molar-refractivity contribution < 1.29 is 4.42 Å². The van der Waals surface area contributed by atoms with Crippen LogP contribution in [0.2, 0.25) is 0 Å². The number of halogens is 2. The minimum atomic E-state index is -0.895. The summed E-state index contributed by atoms with van der Waals surface area (Å²) >= 11 is 7.53. The summed E-state index contributed by atoms with van der Waals surface area (Å²) in [5.74, 6) is 1.47. The monoisotopic (exact) mass is 819 g/mol. The summed E-state index contributed by atoms with van der Waals surface area (Å²) in [6.07, 6.45) is 4.28. The molecule has 0 N–H and O–H groups in total. The minimum absolute atomic E-state index is 0.511. The first-order valence-electron chi connectivity index (χ1n) is 17.3. The second kappa shape index (κ2) is 13.7. The van der Waals surface area contributed by atoms with Gasteiger partial charge in [-0.05, 0) is 88.7 Å². The van der Waals surface area contributed by atoms with E-state index in [2.05, 4.69) is 145 Å². The lowest BCUT2D eigenvalue weighted by atomic mass is 9.77.